The first kappa shape index (κ1) is 22.2. The van der Waals surface area contributed by atoms with Crippen molar-refractivity contribution in [1.82, 2.24) is 9.88 Å². The molecule has 1 aromatic heterocycles. The summed E-state index contributed by atoms with van der Waals surface area (Å²) < 4.78 is 19.2. The SMILES string of the molecule is CCCOc1cccc(/C(O)=C2\C(=O)C(=O)N(Cc3ccncc3)C2c2ccc(F)cc2)c1. The van der Waals surface area contributed by atoms with Crippen LogP contribution in [-0.2, 0) is 16.1 Å². The molecule has 0 bridgehead atoms. The van der Waals surface area contributed by atoms with E-state index in [9.17, 15) is 19.1 Å². The van der Waals surface area contributed by atoms with Crippen LogP contribution in [-0.4, -0.2) is 33.3 Å². The maximum Gasteiger partial charge on any atom is 0.295 e. The third kappa shape index (κ3) is 4.62. The molecule has 1 atom stereocenters. The Balaban J connectivity index is 1.81. The molecule has 0 aliphatic carbocycles. The average molecular weight is 446 g/mol. The third-order valence-corrected chi connectivity index (χ3v) is 5.41. The predicted octanol–water partition coefficient (Wildman–Crippen LogP) is 4.63. The largest absolute Gasteiger partial charge is 0.507 e. The van der Waals surface area contributed by atoms with Crippen molar-refractivity contribution >= 4 is 17.4 Å². The van der Waals surface area contributed by atoms with Gasteiger partial charge >= 0.3 is 0 Å². The number of hydrogen-bond donors (Lipinski definition) is 1. The van der Waals surface area contributed by atoms with Gasteiger partial charge in [-0.15, -0.1) is 0 Å². The van der Waals surface area contributed by atoms with E-state index < -0.39 is 23.5 Å². The van der Waals surface area contributed by atoms with E-state index in [-0.39, 0.29) is 17.9 Å². The Morgan fingerprint density at radius 2 is 1.82 bits per heavy atom. The van der Waals surface area contributed by atoms with Crippen molar-refractivity contribution in [2.75, 3.05) is 6.61 Å². The molecule has 1 saturated heterocycles. The molecule has 2 heterocycles. The highest BCUT2D eigenvalue weighted by Gasteiger charge is 2.46. The number of benzene rings is 2. The van der Waals surface area contributed by atoms with Crippen LogP contribution in [0.25, 0.3) is 5.76 Å². The second-order valence-corrected chi connectivity index (χ2v) is 7.71. The Labute approximate surface area is 191 Å². The molecule has 6 nitrogen and oxygen atoms in total. The molecule has 1 N–H and O–H groups in total. The monoisotopic (exact) mass is 446 g/mol. The second kappa shape index (κ2) is 9.65. The van der Waals surface area contributed by atoms with Gasteiger partial charge in [0.1, 0.15) is 17.3 Å². The summed E-state index contributed by atoms with van der Waals surface area (Å²) in [4.78, 5) is 31.5. The number of aromatic nitrogens is 1. The number of rotatable bonds is 7. The Kier molecular flexibility index (Phi) is 6.49. The first-order valence-corrected chi connectivity index (χ1v) is 10.7. The summed E-state index contributed by atoms with van der Waals surface area (Å²) in [6, 6.07) is 14.9. The minimum Gasteiger partial charge on any atom is -0.507 e. The van der Waals surface area contributed by atoms with Gasteiger partial charge in [-0.2, -0.15) is 0 Å². The average Bonchev–Trinajstić information content (AvgIpc) is 3.08. The van der Waals surface area contributed by atoms with Gasteiger partial charge in [0.05, 0.1) is 18.2 Å². The number of aliphatic hydroxyl groups is 1. The lowest BCUT2D eigenvalue weighted by atomic mass is 9.95. The van der Waals surface area contributed by atoms with E-state index >= 15 is 0 Å². The number of likely N-dealkylation sites (tertiary alicyclic amines) is 1. The first-order valence-electron chi connectivity index (χ1n) is 10.7. The maximum atomic E-state index is 13.6. The molecule has 33 heavy (non-hydrogen) atoms. The Bertz CT molecular complexity index is 1190. The van der Waals surface area contributed by atoms with Crippen molar-refractivity contribution < 1.29 is 23.8 Å². The molecule has 7 heteroatoms. The van der Waals surface area contributed by atoms with Crippen molar-refractivity contribution in [3.63, 3.8) is 0 Å². The molecule has 0 spiro atoms. The lowest BCUT2D eigenvalue weighted by molar-refractivity contribution is -0.140. The van der Waals surface area contributed by atoms with E-state index in [1.807, 2.05) is 6.92 Å². The summed E-state index contributed by atoms with van der Waals surface area (Å²) in [5, 5.41) is 11.2. The van der Waals surface area contributed by atoms with Crippen LogP contribution in [0.1, 0.15) is 36.1 Å². The van der Waals surface area contributed by atoms with Gasteiger partial charge in [0.2, 0.25) is 0 Å². The number of Topliss-reactive ketones (excluding diaryl/α,β-unsaturated/α-hetero) is 1. The first-order chi connectivity index (χ1) is 16.0. The van der Waals surface area contributed by atoms with Gasteiger partial charge in [0, 0.05) is 24.5 Å². The summed E-state index contributed by atoms with van der Waals surface area (Å²) >= 11 is 0. The molecule has 1 fully saturated rings. The number of amides is 1. The molecular weight excluding hydrogens is 423 g/mol. The molecule has 4 rings (SSSR count). The van der Waals surface area contributed by atoms with Gasteiger partial charge < -0.3 is 14.7 Å². The minimum absolute atomic E-state index is 0.0479. The van der Waals surface area contributed by atoms with E-state index in [0.29, 0.717) is 23.5 Å². The fraction of sp³-hybridized carbons (Fsp3) is 0.192. The number of pyridine rings is 1. The number of ketones is 1. The summed E-state index contributed by atoms with van der Waals surface area (Å²) in [5.41, 5.74) is 1.60. The normalized spacial score (nSPS) is 17.4. The van der Waals surface area contributed by atoms with Crippen LogP contribution < -0.4 is 4.74 Å². The molecule has 1 aliphatic rings. The zero-order valence-electron chi connectivity index (χ0n) is 18.1. The van der Waals surface area contributed by atoms with Crippen molar-refractivity contribution in [3.05, 3.63) is 101 Å². The van der Waals surface area contributed by atoms with Gasteiger partial charge in [-0.25, -0.2) is 4.39 Å². The fourth-order valence-electron chi connectivity index (χ4n) is 3.83. The molecule has 3 aromatic rings. The van der Waals surface area contributed by atoms with E-state index in [2.05, 4.69) is 4.98 Å². The van der Waals surface area contributed by atoms with Gasteiger partial charge in [-0.3, -0.25) is 14.6 Å². The summed E-state index contributed by atoms with van der Waals surface area (Å²) in [7, 11) is 0. The van der Waals surface area contributed by atoms with Crippen molar-refractivity contribution in [1.29, 1.82) is 0 Å². The Morgan fingerprint density at radius 1 is 1.09 bits per heavy atom. The second-order valence-electron chi connectivity index (χ2n) is 7.71. The van der Waals surface area contributed by atoms with Gasteiger partial charge in [-0.1, -0.05) is 31.2 Å². The van der Waals surface area contributed by atoms with Crippen molar-refractivity contribution in [2.45, 2.75) is 25.9 Å². The van der Waals surface area contributed by atoms with Crippen LogP contribution in [0.3, 0.4) is 0 Å². The highest BCUT2D eigenvalue weighted by Crippen LogP contribution is 2.40. The van der Waals surface area contributed by atoms with Gasteiger partial charge in [-0.05, 0) is 53.9 Å². The fourth-order valence-corrected chi connectivity index (χ4v) is 3.83. The van der Waals surface area contributed by atoms with Crippen molar-refractivity contribution in [2.24, 2.45) is 0 Å². The van der Waals surface area contributed by atoms with Gasteiger partial charge in [0.15, 0.2) is 0 Å². The lowest BCUT2D eigenvalue weighted by Gasteiger charge is -2.25. The summed E-state index contributed by atoms with van der Waals surface area (Å²) in [6.45, 7) is 2.62. The number of ether oxygens (including phenoxy) is 1. The number of aliphatic hydroxyl groups excluding tert-OH is 1. The highest BCUT2D eigenvalue weighted by molar-refractivity contribution is 6.46. The van der Waals surface area contributed by atoms with Crippen LogP contribution in [0.4, 0.5) is 4.39 Å². The summed E-state index contributed by atoms with van der Waals surface area (Å²) in [6.07, 6.45) is 4.02. The topological polar surface area (TPSA) is 79.7 Å². The summed E-state index contributed by atoms with van der Waals surface area (Å²) in [5.74, 6) is -1.73. The van der Waals surface area contributed by atoms with E-state index in [1.54, 1.807) is 48.8 Å². The molecule has 1 amide bonds. The molecule has 0 radical (unpaired) electrons. The minimum atomic E-state index is -0.876. The predicted molar refractivity (Wildman–Crippen MR) is 121 cm³/mol. The number of carbonyl (C=O) groups is 2. The molecular formula is C26H23FN2O4. The number of hydrogen-bond acceptors (Lipinski definition) is 5. The molecule has 0 saturated carbocycles. The number of carbonyl (C=O) groups excluding carboxylic acids is 2. The van der Waals surface area contributed by atoms with E-state index in [4.69, 9.17) is 4.74 Å². The van der Waals surface area contributed by atoms with Gasteiger partial charge in [0.25, 0.3) is 11.7 Å². The quantitative estimate of drug-likeness (QED) is 0.325. The van der Waals surface area contributed by atoms with Crippen LogP contribution in [0.5, 0.6) is 5.75 Å². The van der Waals surface area contributed by atoms with E-state index in [1.165, 1.54) is 29.2 Å². The zero-order chi connectivity index (χ0) is 23.4. The van der Waals surface area contributed by atoms with Crippen LogP contribution >= 0.6 is 0 Å². The Morgan fingerprint density at radius 3 is 2.52 bits per heavy atom. The van der Waals surface area contributed by atoms with Crippen LogP contribution in [0, 0.1) is 5.82 Å². The third-order valence-electron chi connectivity index (χ3n) is 5.41. The smallest absolute Gasteiger partial charge is 0.295 e. The molecule has 1 aliphatic heterocycles. The Hall–Kier alpha value is -4.00. The van der Waals surface area contributed by atoms with E-state index in [0.717, 1.165) is 12.0 Å². The number of halogens is 1. The van der Waals surface area contributed by atoms with Crippen molar-refractivity contribution in [3.8, 4) is 5.75 Å². The molecule has 1 unspecified atom stereocenters. The standard InChI is InChI=1S/C26H23FN2O4/c1-2-14-33-21-5-3-4-19(15-21)24(30)22-23(18-6-8-20(27)9-7-18)29(26(32)25(22)31)16-17-10-12-28-13-11-17/h3-13,15,23,30H,2,14,16H2,1H3/b24-22+. The van der Waals surface area contributed by atoms with Crippen LogP contribution in [0.15, 0.2) is 78.6 Å². The molecule has 168 valence electrons. The van der Waals surface area contributed by atoms with Crippen LogP contribution in [0.2, 0.25) is 0 Å². The highest BCUT2D eigenvalue weighted by atomic mass is 19.1. The molecule has 2 aromatic carbocycles. The zero-order valence-corrected chi connectivity index (χ0v) is 18.1. The maximum absolute atomic E-state index is 13.6. The lowest BCUT2D eigenvalue weighted by Crippen LogP contribution is -2.29. The number of nitrogens with zero attached hydrogens (tertiary/aromatic N) is 2.